The standard InChI is InChI=1S/C12H19N3O3/c1-8(9(2)12(17)18)11(16)13-6-4-10-5-7-15(3)14-10/h5,7-9H,4,6H2,1-3H3,(H,13,16)(H,17,18). The summed E-state index contributed by atoms with van der Waals surface area (Å²) in [5.74, 6) is -2.41. The molecule has 1 heterocycles. The normalized spacial score (nSPS) is 13.9. The van der Waals surface area contributed by atoms with Crippen LogP contribution in [0.4, 0.5) is 0 Å². The van der Waals surface area contributed by atoms with E-state index in [1.807, 2.05) is 19.3 Å². The summed E-state index contributed by atoms with van der Waals surface area (Å²) in [5.41, 5.74) is 0.900. The molecule has 0 aromatic carbocycles. The van der Waals surface area contributed by atoms with Crippen LogP contribution in [0.5, 0.6) is 0 Å². The van der Waals surface area contributed by atoms with E-state index >= 15 is 0 Å². The van der Waals surface area contributed by atoms with Gasteiger partial charge in [-0.2, -0.15) is 5.10 Å². The number of nitrogens with zero attached hydrogens (tertiary/aromatic N) is 2. The molecule has 1 amide bonds. The van der Waals surface area contributed by atoms with Crippen LogP contribution in [-0.4, -0.2) is 33.3 Å². The van der Waals surface area contributed by atoms with Crippen molar-refractivity contribution in [3.8, 4) is 0 Å². The van der Waals surface area contributed by atoms with Crippen LogP contribution >= 0.6 is 0 Å². The van der Waals surface area contributed by atoms with Gasteiger partial charge in [0.2, 0.25) is 5.91 Å². The number of aliphatic carboxylic acids is 1. The first-order valence-electron chi connectivity index (χ1n) is 5.91. The number of amides is 1. The molecule has 0 radical (unpaired) electrons. The van der Waals surface area contributed by atoms with Crippen molar-refractivity contribution in [2.45, 2.75) is 20.3 Å². The van der Waals surface area contributed by atoms with Crippen LogP contribution in [0.1, 0.15) is 19.5 Å². The molecule has 6 heteroatoms. The monoisotopic (exact) mass is 253 g/mol. The molecule has 6 nitrogen and oxygen atoms in total. The van der Waals surface area contributed by atoms with Crippen molar-refractivity contribution < 1.29 is 14.7 Å². The maximum absolute atomic E-state index is 11.7. The van der Waals surface area contributed by atoms with Gasteiger partial charge in [-0.25, -0.2) is 0 Å². The lowest BCUT2D eigenvalue weighted by Crippen LogP contribution is -2.36. The lowest BCUT2D eigenvalue weighted by molar-refractivity contribution is -0.146. The zero-order chi connectivity index (χ0) is 13.7. The van der Waals surface area contributed by atoms with E-state index in [0.29, 0.717) is 13.0 Å². The summed E-state index contributed by atoms with van der Waals surface area (Å²) in [4.78, 5) is 22.4. The van der Waals surface area contributed by atoms with E-state index in [0.717, 1.165) is 5.69 Å². The molecule has 1 aromatic heterocycles. The van der Waals surface area contributed by atoms with Gasteiger partial charge in [-0.1, -0.05) is 13.8 Å². The largest absolute Gasteiger partial charge is 0.481 e. The minimum Gasteiger partial charge on any atom is -0.481 e. The molecular formula is C12H19N3O3. The molecule has 1 aromatic rings. The Morgan fingerprint density at radius 2 is 2.11 bits per heavy atom. The van der Waals surface area contributed by atoms with E-state index in [-0.39, 0.29) is 5.91 Å². The van der Waals surface area contributed by atoms with Gasteiger partial charge in [-0.15, -0.1) is 0 Å². The number of carbonyl (C=O) groups is 2. The number of rotatable bonds is 6. The first kappa shape index (κ1) is 14.2. The average molecular weight is 253 g/mol. The van der Waals surface area contributed by atoms with Gasteiger partial charge in [0.05, 0.1) is 11.6 Å². The van der Waals surface area contributed by atoms with E-state index in [9.17, 15) is 9.59 Å². The number of hydrogen-bond acceptors (Lipinski definition) is 3. The van der Waals surface area contributed by atoms with Crippen molar-refractivity contribution in [1.82, 2.24) is 15.1 Å². The fourth-order valence-electron chi connectivity index (χ4n) is 1.51. The lowest BCUT2D eigenvalue weighted by Gasteiger charge is -2.15. The Morgan fingerprint density at radius 1 is 1.44 bits per heavy atom. The van der Waals surface area contributed by atoms with Gasteiger partial charge in [-0.05, 0) is 6.07 Å². The maximum Gasteiger partial charge on any atom is 0.307 e. The van der Waals surface area contributed by atoms with E-state index in [4.69, 9.17) is 5.11 Å². The molecule has 0 saturated carbocycles. The summed E-state index contributed by atoms with van der Waals surface area (Å²) in [6.45, 7) is 3.62. The summed E-state index contributed by atoms with van der Waals surface area (Å²) < 4.78 is 1.70. The molecule has 0 fully saturated rings. The molecular weight excluding hydrogens is 234 g/mol. The van der Waals surface area contributed by atoms with E-state index in [1.54, 1.807) is 11.6 Å². The number of hydrogen-bond donors (Lipinski definition) is 2. The summed E-state index contributed by atoms with van der Waals surface area (Å²) in [7, 11) is 1.83. The van der Waals surface area contributed by atoms with Gasteiger partial charge < -0.3 is 10.4 Å². The van der Waals surface area contributed by atoms with Crippen molar-refractivity contribution in [2.24, 2.45) is 18.9 Å². The highest BCUT2D eigenvalue weighted by atomic mass is 16.4. The van der Waals surface area contributed by atoms with E-state index in [2.05, 4.69) is 10.4 Å². The van der Waals surface area contributed by atoms with Gasteiger partial charge in [0, 0.05) is 32.1 Å². The Kier molecular flexibility index (Phi) is 4.88. The van der Waals surface area contributed by atoms with Gasteiger partial charge in [0.1, 0.15) is 0 Å². The zero-order valence-electron chi connectivity index (χ0n) is 10.9. The van der Waals surface area contributed by atoms with Gasteiger partial charge >= 0.3 is 5.97 Å². The summed E-state index contributed by atoms with van der Waals surface area (Å²) in [6, 6.07) is 1.88. The fraction of sp³-hybridized carbons (Fsp3) is 0.583. The lowest BCUT2D eigenvalue weighted by atomic mass is 9.95. The second-order valence-electron chi connectivity index (χ2n) is 4.44. The first-order valence-corrected chi connectivity index (χ1v) is 5.91. The Hall–Kier alpha value is -1.85. The first-order chi connectivity index (χ1) is 8.41. The predicted octanol–water partition coefficient (Wildman–Crippen LogP) is 0.436. The van der Waals surface area contributed by atoms with Gasteiger partial charge in [-0.3, -0.25) is 14.3 Å². The third kappa shape index (κ3) is 3.87. The van der Waals surface area contributed by atoms with Gasteiger partial charge in [0.25, 0.3) is 0 Å². The Bertz CT molecular complexity index is 428. The molecule has 2 N–H and O–H groups in total. The quantitative estimate of drug-likeness (QED) is 0.770. The molecule has 100 valence electrons. The third-order valence-electron chi connectivity index (χ3n) is 3.00. The Morgan fingerprint density at radius 3 is 2.61 bits per heavy atom. The smallest absolute Gasteiger partial charge is 0.307 e. The summed E-state index contributed by atoms with van der Waals surface area (Å²) in [5, 5.41) is 15.7. The summed E-state index contributed by atoms with van der Waals surface area (Å²) >= 11 is 0. The fourth-order valence-corrected chi connectivity index (χ4v) is 1.51. The second-order valence-corrected chi connectivity index (χ2v) is 4.44. The van der Waals surface area contributed by atoms with Crippen molar-refractivity contribution in [3.05, 3.63) is 18.0 Å². The number of carboxylic acid groups (broad SMARTS) is 1. The van der Waals surface area contributed by atoms with Crippen LogP contribution in [0.15, 0.2) is 12.3 Å². The molecule has 0 saturated heterocycles. The average Bonchev–Trinajstić information content (AvgIpc) is 2.72. The van der Waals surface area contributed by atoms with Crippen molar-refractivity contribution in [3.63, 3.8) is 0 Å². The molecule has 2 unspecified atom stereocenters. The van der Waals surface area contributed by atoms with Crippen LogP contribution in [-0.2, 0) is 23.1 Å². The number of carbonyl (C=O) groups excluding carboxylic acids is 1. The molecule has 0 spiro atoms. The van der Waals surface area contributed by atoms with Crippen molar-refractivity contribution in [2.75, 3.05) is 6.54 Å². The van der Waals surface area contributed by atoms with Crippen LogP contribution < -0.4 is 5.32 Å². The number of aromatic nitrogens is 2. The molecule has 2 atom stereocenters. The molecule has 0 aliphatic rings. The minimum atomic E-state index is -0.956. The third-order valence-corrected chi connectivity index (χ3v) is 3.00. The molecule has 18 heavy (non-hydrogen) atoms. The zero-order valence-corrected chi connectivity index (χ0v) is 10.9. The van der Waals surface area contributed by atoms with E-state index < -0.39 is 17.8 Å². The van der Waals surface area contributed by atoms with E-state index in [1.165, 1.54) is 6.92 Å². The number of carboxylic acids is 1. The predicted molar refractivity (Wildman–Crippen MR) is 65.9 cm³/mol. The molecule has 0 aliphatic carbocycles. The Labute approximate surface area is 106 Å². The summed E-state index contributed by atoms with van der Waals surface area (Å²) in [6.07, 6.45) is 2.48. The minimum absolute atomic E-state index is 0.235. The Balaban J connectivity index is 2.35. The van der Waals surface area contributed by atoms with Crippen LogP contribution in [0.2, 0.25) is 0 Å². The maximum atomic E-state index is 11.7. The topological polar surface area (TPSA) is 84.2 Å². The highest BCUT2D eigenvalue weighted by Crippen LogP contribution is 2.10. The highest BCUT2D eigenvalue weighted by molar-refractivity contribution is 5.84. The van der Waals surface area contributed by atoms with Crippen LogP contribution in [0, 0.1) is 11.8 Å². The van der Waals surface area contributed by atoms with Crippen molar-refractivity contribution >= 4 is 11.9 Å². The van der Waals surface area contributed by atoms with Crippen LogP contribution in [0.25, 0.3) is 0 Å². The number of aryl methyl sites for hydroxylation is 1. The number of nitrogens with one attached hydrogen (secondary N) is 1. The van der Waals surface area contributed by atoms with Gasteiger partial charge in [0.15, 0.2) is 0 Å². The molecule has 1 rings (SSSR count). The second kappa shape index (κ2) is 6.18. The molecule has 0 bridgehead atoms. The highest BCUT2D eigenvalue weighted by Gasteiger charge is 2.25. The van der Waals surface area contributed by atoms with Crippen LogP contribution in [0.3, 0.4) is 0 Å². The van der Waals surface area contributed by atoms with Crippen molar-refractivity contribution in [1.29, 1.82) is 0 Å². The molecule has 0 aliphatic heterocycles. The SMILES string of the molecule is CC(C(=O)O)C(C)C(=O)NCCc1ccn(C)n1.